The third-order valence-electron chi connectivity index (χ3n) is 5.19. The Balaban J connectivity index is 1.44. The first kappa shape index (κ1) is 17.6. The number of pyridine rings is 1. The number of aromatic nitrogens is 1. The van der Waals surface area contributed by atoms with E-state index in [9.17, 15) is 0 Å². The van der Waals surface area contributed by atoms with Crippen LogP contribution in [0.25, 0.3) is 0 Å². The van der Waals surface area contributed by atoms with Crippen molar-refractivity contribution in [1.82, 2.24) is 9.88 Å². The molecule has 138 valence electrons. The van der Waals surface area contributed by atoms with Gasteiger partial charge in [-0.05, 0) is 67.9 Å². The van der Waals surface area contributed by atoms with E-state index < -0.39 is 0 Å². The highest BCUT2D eigenvalue weighted by Gasteiger charge is 2.36. The molecule has 4 heteroatoms. The molecule has 3 aromatic rings. The van der Waals surface area contributed by atoms with Gasteiger partial charge in [-0.1, -0.05) is 18.2 Å². The van der Waals surface area contributed by atoms with Gasteiger partial charge in [-0.15, -0.1) is 0 Å². The third kappa shape index (κ3) is 4.12. The van der Waals surface area contributed by atoms with Crippen LogP contribution in [0.1, 0.15) is 19.4 Å². The van der Waals surface area contributed by atoms with E-state index in [2.05, 4.69) is 82.5 Å². The van der Waals surface area contributed by atoms with Gasteiger partial charge in [-0.25, -0.2) is 0 Å². The van der Waals surface area contributed by atoms with E-state index in [0.29, 0.717) is 0 Å². The molecule has 4 rings (SSSR count). The SMILES string of the molecule is CC1(C)CN(c2ccc(Nc3ccccc3)cc2)CN1Cc1ccncc1. The van der Waals surface area contributed by atoms with Crippen molar-refractivity contribution in [2.45, 2.75) is 25.9 Å². The minimum atomic E-state index is 0.129. The quantitative estimate of drug-likeness (QED) is 0.704. The molecule has 0 amide bonds. The summed E-state index contributed by atoms with van der Waals surface area (Å²) in [6.07, 6.45) is 3.74. The second kappa shape index (κ2) is 7.41. The average Bonchev–Trinajstić information content (AvgIpc) is 2.98. The largest absolute Gasteiger partial charge is 0.357 e. The Bertz CT molecular complexity index is 860. The molecule has 1 aliphatic heterocycles. The number of benzene rings is 2. The van der Waals surface area contributed by atoms with E-state index in [4.69, 9.17) is 0 Å². The van der Waals surface area contributed by atoms with Crippen LogP contribution in [-0.4, -0.2) is 28.6 Å². The molecular weight excluding hydrogens is 332 g/mol. The molecule has 2 aromatic carbocycles. The van der Waals surface area contributed by atoms with Crippen LogP contribution in [-0.2, 0) is 6.54 Å². The minimum absolute atomic E-state index is 0.129. The second-order valence-electron chi connectivity index (χ2n) is 7.74. The summed E-state index contributed by atoms with van der Waals surface area (Å²) in [4.78, 5) is 9.10. The number of para-hydroxylation sites is 1. The van der Waals surface area contributed by atoms with E-state index in [1.54, 1.807) is 0 Å². The fraction of sp³-hybridized carbons (Fsp3) is 0.261. The molecule has 1 aromatic heterocycles. The summed E-state index contributed by atoms with van der Waals surface area (Å²) in [6.45, 7) is 7.53. The standard InChI is InChI=1S/C23H26N4/c1-23(2)17-26(18-27(23)16-19-12-14-24-15-13-19)22-10-8-21(9-11-22)25-20-6-4-3-5-7-20/h3-15,25H,16-18H2,1-2H3. The van der Waals surface area contributed by atoms with Crippen molar-refractivity contribution in [1.29, 1.82) is 0 Å². The van der Waals surface area contributed by atoms with Crippen LogP contribution < -0.4 is 10.2 Å². The fourth-order valence-electron chi connectivity index (χ4n) is 3.60. The molecule has 0 atom stereocenters. The lowest BCUT2D eigenvalue weighted by Crippen LogP contribution is -2.39. The van der Waals surface area contributed by atoms with Crippen molar-refractivity contribution in [2.24, 2.45) is 0 Å². The summed E-state index contributed by atoms with van der Waals surface area (Å²) in [5.74, 6) is 0. The van der Waals surface area contributed by atoms with Gasteiger partial charge in [0.05, 0.1) is 6.67 Å². The molecule has 1 fully saturated rings. The molecule has 0 bridgehead atoms. The van der Waals surface area contributed by atoms with Gasteiger partial charge in [0.1, 0.15) is 0 Å². The summed E-state index contributed by atoms with van der Waals surface area (Å²) in [6, 6.07) is 23.2. The molecule has 27 heavy (non-hydrogen) atoms. The summed E-state index contributed by atoms with van der Waals surface area (Å²) >= 11 is 0. The number of anilines is 3. The molecule has 1 saturated heterocycles. The maximum atomic E-state index is 4.12. The Labute approximate surface area is 161 Å². The van der Waals surface area contributed by atoms with Gasteiger partial charge in [-0.3, -0.25) is 9.88 Å². The van der Waals surface area contributed by atoms with Crippen LogP contribution in [0, 0.1) is 0 Å². The van der Waals surface area contributed by atoms with Crippen molar-refractivity contribution < 1.29 is 0 Å². The first-order valence-electron chi connectivity index (χ1n) is 9.41. The molecule has 1 aliphatic rings. The van der Waals surface area contributed by atoms with E-state index in [1.165, 1.54) is 11.3 Å². The van der Waals surface area contributed by atoms with Gasteiger partial charge >= 0.3 is 0 Å². The van der Waals surface area contributed by atoms with Crippen molar-refractivity contribution in [2.75, 3.05) is 23.4 Å². The molecule has 4 nitrogen and oxygen atoms in total. The maximum Gasteiger partial charge on any atom is 0.0715 e. The lowest BCUT2D eigenvalue weighted by molar-refractivity contribution is 0.175. The Morgan fingerprint density at radius 1 is 0.889 bits per heavy atom. The highest BCUT2D eigenvalue weighted by Crippen LogP contribution is 2.31. The monoisotopic (exact) mass is 358 g/mol. The van der Waals surface area contributed by atoms with Gasteiger partial charge in [0.15, 0.2) is 0 Å². The maximum absolute atomic E-state index is 4.12. The van der Waals surface area contributed by atoms with Crippen molar-refractivity contribution in [3.8, 4) is 0 Å². The number of hydrogen-bond donors (Lipinski definition) is 1. The van der Waals surface area contributed by atoms with Crippen molar-refractivity contribution in [3.05, 3.63) is 84.7 Å². The molecule has 0 radical (unpaired) electrons. The van der Waals surface area contributed by atoms with Gasteiger partial charge in [0.2, 0.25) is 0 Å². The van der Waals surface area contributed by atoms with E-state index >= 15 is 0 Å². The van der Waals surface area contributed by atoms with E-state index in [0.717, 1.165) is 31.1 Å². The molecule has 1 N–H and O–H groups in total. The topological polar surface area (TPSA) is 31.4 Å². The van der Waals surface area contributed by atoms with Crippen LogP contribution in [0.15, 0.2) is 79.1 Å². The van der Waals surface area contributed by atoms with Gasteiger partial charge < -0.3 is 10.2 Å². The molecule has 0 spiro atoms. The van der Waals surface area contributed by atoms with Crippen LogP contribution in [0.2, 0.25) is 0 Å². The number of nitrogens with zero attached hydrogens (tertiary/aromatic N) is 3. The Hall–Kier alpha value is -2.85. The summed E-state index contributed by atoms with van der Waals surface area (Å²) in [7, 11) is 0. The fourth-order valence-corrected chi connectivity index (χ4v) is 3.60. The number of hydrogen-bond acceptors (Lipinski definition) is 4. The molecule has 2 heterocycles. The normalized spacial score (nSPS) is 16.4. The molecule has 0 saturated carbocycles. The second-order valence-corrected chi connectivity index (χ2v) is 7.74. The summed E-state index contributed by atoms with van der Waals surface area (Å²) < 4.78 is 0. The zero-order valence-corrected chi connectivity index (χ0v) is 16.0. The van der Waals surface area contributed by atoms with Gasteiger partial charge in [0.25, 0.3) is 0 Å². The smallest absolute Gasteiger partial charge is 0.0715 e. The van der Waals surface area contributed by atoms with Crippen LogP contribution >= 0.6 is 0 Å². The Morgan fingerprint density at radius 3 is 2.26 bits per heavy atom. The first-order chi connectivity index (χ1) is 13.1. The Morgan fingerprint density at radius 2 is 1.56 bits per heavy atom. The predicted octanol–water partition coefficient (Wildman–Crippen LogP) is 4.88. The number of nitrogens with one attached hydrogen (secondary N) is 1. The third-order valence-corrected chi connectivity index (χ3v) is 5.19. The molecule has 0 unspecified atom stereocenters. The molecule has 0 aliphatic carbocycles. The molecular formula is C23H26N4. The zero-order valence-electron chi connectivity index (χ0n) is 16.0. The van der Waals surface area contributed by atoms with E-state index in [-0.39, 0.29) is 5.54 Å². The lowest BCUT2D eigenvalue weighted by Gasteiger charge is -2.29. The highest BCUT2D eigenvalue weighted by molar-refractivity contribution is 5.63. The van der Waals surface area contributed by atoms with Crippen molar-refractivity contribution >= 4 is 17.1 Å². The summed E-state index contributed by atoms with van der Waals surface area (Å²) in [5.41, 5.74) is 4.92. The van der Waals surface area contributed by atoms with Crippen LogP contribution in [0.4, 0.5) is 17.1 Å². The van der Waals surface area contributed by atoms with Gasteiger partial charge in [-0.2, -0.15) is 0 Å². The highest BCUT2D eigenvalue weighted by atomic mass is 15.4. The van der Waals surface area contributed by atoms with Crippen LogP contribution in [0.5, 0.6) is 0 Å². The average molecular weight is 358 g/mol. The van der Waals surface area contributed by atoms with E-state index in [1.807, 2.05) is 30.6 Å². The Kier molecular flexibility index (Phi) is 4.82. The zero-order chi connectivity index (χ0) is 18.7. The van der Waals surface area contributed by atoms with Crippen molar-refractivity contribution in [3.63, 3.8) is 0 Å². The lowest BCUT2D eigenvalue weighted by atomic mass is 10.0. The van der Waals surface area contributed by atoms with Gasteiger partial charge in [0, 0.05) is 48.1 Å². The minimum Gasteiger partial charge on any atom is -0.357 e. The number of rotatable bonds is 5. The van der Waals surface area contributed by atoms with Crippen LogP contribution in [0.3, 0.4) is 0 Å². The first-order valence-corrected chi connectivity index (χ1v) is 9.41. The summed E-state index contributed by atoms with van der Waals surface area (Å²) in [5, 5.41) is 3.44. The predicted molar refractivity (Wildman–Crippen MR) is 112 cm³/mol.